The van der Waals surface area contributed by atoms with Gasteiger partial charge in [0, 0.05) is 5.56 Å². The number of benzene rings is 1. The van der Waals surface area contributed by atoms with Gasteiger partial charge in [-0.2, -0.15) is 0 Å². The fourth-order valence-corrected chi connectivity index (χ4v) is 2.13. The molecule has 24 heavy (non-hydrogen) atoms. The summed E-state index contributed by atoms with van der Waals surface area (Å²) >= 11 is 0. The average Bonchev–Trinajstić information content (AvgIpc) is 3.30. The third-order valence-electron chi connectivity index (χ3n) is 4.27. The van der Waals surface area contributed by atoms with Crippen LogP contribution in [0, 0.1) is 11.8 Å². The zero-order chi connectivity index (χ0) is 17.9. The molecule has 0 radical (unpaired) electrons. The van der Waals surface area contributed by atoms with Gasteiger partial charge < -0.3 is 14.2 Å². The van der Waals surface area contributed by atoms with Crippen molar-refractivity contribution >= 4 is 11.9 Å². The van der Waals surface area contributed by atoms with Gasteiger partial charge in [-0.05, 0) is 25.0 Å². The summed E-state index contributed by atoms with van der Waals surface area (Å²) in [5, 5.41) is 0. The second kappa shape index (κ2) is 7.34. The molecule has 0 saturated carbocycles. The molecule has 2 atom stereocenters. The van der Waals surface area contributed by atoms with Crippen molar-refractivity contribution in [1.82, 2.24) is 0 Å². The Morgan fingerprint density at radius 1 is 1.25 bits per heavy atom. The number of carbonyl (C=O) groups excluding carboxylic acids is 2. The SMILES string of the molecule is CCC(C)C(=O)OCc1ccc(C2(C)CO2)c(OC(=O)C(C)C)c1. The average molecular weight is 334 g/mol. The van der Waals surface area contributed by atoms with Crippen LogP contribution in [0.5, 0.6) is 5.75 Å². The van der Waals surface area contributed by atoms with Gasteiger partial charge in [0.15, 0.2) is 0 Å². The Labute approximate surface area is 143 Å². The number of hydrogen-bond donors (Lipinski definition) is 0. The van der Waals surface area contributed by atoms with Crippen molar-refractivity contribution in [2.45, 2.75) is 53.2 Å². The van der Waals surface area contributed by atoms with Crippen molar-refractivity contribution < 1.29 is 23.8 Å². The summed E-state index contributed by atoms with van der Waals surface area (Å²) in [5.74, 6) is -0.390. The molecule has 5 nitrogen and oxygen atoms in total. The molecule has 5 heteroatoms. The monoisotopic (exact) mass is 334 g/mol. The number of rotatable bonds is 7. The summed E-state index contributed by atoms with van der Waals surface area (Å²) in [6.45, 7) is 10.1. The number of hydrogen-bond acceptors (Lipinski definition) is 5. The van der Waals surface area contributed by atoms with Crippen LogP contribution in [-0.4, -0.2) is 18.5 Å². The molecule has 1 aliphatic heterocycles. The molecule has 0 bridgehead atoms. The predicted octanol–water partition coefficient (Wildman–Crippen LogP) is 3.58. The van der Waals surface area contributed by atoms with Crippen molar-refractivity contribution in [3.05, 3.63) is 29.3 Å². The van der Waals surface area contributed by atoms with Crippen molar-refractivity contribution in [3.8, 4) is 5.75 Å². The van der Waals surface area contributed by atoms with Crippen LogP contribution in [-0.2, 0) is 31.3 Å². The van der Waals surface area contributed by atoms with Gasteiger partial charge in [0.2, 0.25) is 0 Å². The van der Waals surface area contributed by atoms with Crippen molar-refractivity contribution in [3.63, 3.8) is 0 Å². The molecule has 1 aliphatic rings. The first-order valence-electron chi connectivity index (χ1n) is 8.42. The van der Waals surface area contributed by atoms with E-state index < -0.39 is 5.60 Å². The minimum atomic E-state index is -0.404. The topological polar surface area (TPSA) is 65.1 Å². The molecule has 1 aromatic rings. The van der Waals surface area contributed by atoms with E-state index in [-0.39, 0.29) is 30.4 Å². The van der Waals surface area contributed by atoms with Gasteiger partial charge in [-0.25, -0.2) is 0 Å². The van der Waals surface area contributed by atoms with Gasteiger partial charge in [0.25, 0.3) is 0 Å². The normalized spacial score (nSPS) is 20.6. The lowest BCUT2D eigenvalue weighted by molar-refractivity contribution is -0.149. The number of esters is 2. The maximum Gasteiger partial charge on any atom is 0.313 e. The lowest BCUT2D eigenvalue weighted by Gasteiger charge is -2.16. The number of ether oxygens (including phenoxy) is 3. The lowest BCUT2D eigenvalue weighted by atomic mass is 9.99. The van der Waals surface area contributed by atoms with Gasteiger partial charge >= 0.3 is 11.9 Å². The maximum absolute atomic E-state index is 12.0. The Kier molecular flexibility index (Phi) is 5.65. The molecule has 0 aromatic heterocycles. The Morgan fingerprint density at radius 3 is 2.46 bits per heavy atom. The molecular weight excluding hydrogens is 308 g/mol. The predicted molar refractivity (Wildman–Crippen MR) is 89.5 cm³/mol. The fourth-order valence-electron chi connectivity index (χ4n) is 2.13. The van der Waals surface area contributed by atoms with E-state index in [4.69, 9.17) is 14.2 Å². The number of epoxide rings is 1. The third-order valence-corrected chi connectivity index (χ3v) is 4.27. The van der Waals surface area contributed by atoms with Crippen LogP contribution < -0.4 is 4.74 Å². The Hall–Kier alpha value is -1.88. The van der Waals surface area contributed by atoms with E-state index >= 15 is 0 Å². The highest BCUT2D eigenvalue weighted by Crippen LogP contribution is 2.43. The van der Waals surface area contributed by atoms with Crippen molar-refractivity contribution in [1.29, 1.82) is 0 Å². The lowest BCUT2D eigenvalue weighted by Crippen LogP contribution is -2.18. The molecule has 1 aromatic carbocycles. The van der Waals surface area contributed by atoms with Crippen LogP contribution in [0.15, 0.2) is 18.2 Å². The van der Waals surface area contributed by atoms with E-state index in [9.17, 15) is 9.59 Å². The molecule has 132 valence electrons. The van der Waals surface area contributed by atoms with Crippen LogP contribution in [0.4, 0.5) is 0 Å². The van der Waals surface area contributed by atoms with Gasteiger partial charge in [0.05, 0.1) is 18.4 Å². The second-order valence-corrected chi connectivity index (χ2v) is 6.84. The van der Waals surface area contributed by atoms with Crippen molar-refractivity contribution in [2.75, 3.05) is 6.61 Å². The van der Waals surface area contributed by atoms with Gasteiger partial charge in [0.1, 0.15) is 18.0 Å². The zero-order valence-electron chi connectivity index (χ0n) is 15.0. The minimum absolute atomic E-state index is 0.124. The smallest absolute Gasteiger partial charge is 0.313 e. The minimum Gasteiger partial charge on any atom is -0.461 e. The van der Waals surface area contributed by atoms with Gasteiger partial charge in [-0.1, -0.05) is 39.8 Å². The highest BCUT2D eigenvalue weighted by Gasteiger charge is 2.43. The first-order chi connectivity index (χ1) is 11.3. The number of carbonyl (C=O) groups is 2. The van der Waals surface area contributed by atoms with E-state index in [1.165, 1.54) is 0 Å². The van der Waals surface area contributed by atoms with E-state index in [0.29, 0.717) is 12.4 Å². The Balaban J connectivity index is 2.16. The molecular formula is C19H26O5. The summed E-state index contributed by atoms with van der Waals surface area (Å²) in [5.41, 5.74) is 1.22. The van der Waals surface area contributed by atoms with Crippen LogP contribution in [0.1, 0.15) is 52.2 Å². The summed E-state index contributed by atoms with van der Waals surface area (Å²) in [6.07, 6.45) is 0.741. The van der Waals surface area contributed by atoms with Crippen LogP contribution in [0.3, 0.4) is 0 Å². The molecule has 0 spiro atoms. The molecule has 0 aliphatic carbocycles. The second-order valence-electron chi connectivity index (χ2n) is 6.84. The molecule has 2 rings (SSSR count). The zero-order valence-corrected chi connectivity index (χ0v) is 15.0. The molecule has 1 heterocycles. The fraction of sp³-hybridized carbons (Fsp3) is 0.579. The molecule has 0 amide bonds. The highest BCUT2D eigenvalue weighted by atomic mass is 16.6. The van der Waals surface area contributed by atoms with Crippen LogP contribution in [0.2, 0.25) is 0 Å². The molecule has 1 fully saturated rings. The molecule has 1 saturated heterocycles. The van der Waals surface area contributed by atoms with E-state index in [1.807, 2.05) is 32.9 Å². The van der Waals surface area contributed by atoms with Crippen LogP contribution >= 0.6 is 0 Å². The third kappa shape index (κ3) is 4.35. The van der Waals surface area contributed by atoms with E-state index in [0.717, 1.165) is 17.5 Å². The highest BCUT2D eigenvalue weighted by molar-refractivity contribution is 5.75. The van der Waals surface area contributed by atoms with Gasteiger partial charge in [-0.15, -0.1) is 0 Å². The first-order valence-corrected chi connectivity index (χ1v) is 8.42. The summed E-state index contributed by atoms with van der Waals surface area (Å²) in [6, 6.07) is 5.51. The van der Waals surface area contributed by atoms with E-state index in [1.54, 1.807) is 19.9 Å². The van der Waals surface area contributed by atoms with Gasteiger partial charge in [-0.3, -0.25) is 9.59 Å². The summed E-state index contributed by atoms with van der Waals surface area (Å²) < 4.78 is 16.3. The van der Waals surface area contributed by atoms with E-state index in [2.05, 4.69) is 0 Å². The molecule has 0 N–H and O–H groups in total. The Bertz CT molecular complexity index is 616. The molecule has 2 unspecified atom stereocenters. The summed E-state index contributed by atoms with van der Waals surface area (Å²) in [4.78, 5) is 23.8. The largest absolute Gasteiger partial charge is 0.461 e. The van der Waals surface area contributed by atoms with Crippen molar-refractivity contribution in [2.24, 2.45) is 11.8 Å². The van der Waals surface area contributed by atoms with Crippen LogP contribution in [0.25, 0.3) is 0 Å². The quantitative estimate of drug-likeness (QED) is 0.433. The standard InChI is InChI=1S/C19H26O5/c1-6-13(4)18(21)22-10-14-7-8-15(19(5)11-23-19)16(9-14)24-17(20)12(2)3/h7-9,12-13H,6,10-11H2,1-5H3. The summed E-state index contributed by atoms with van der Waals surface area (Å²) in [7, 11) is 0. The maximum atomic E-state index is 12.0. The Morgan fingerprint density at radius 2 is 1.92 bits per heavy atom. The first kappa shape index (κ1) is 18.5.